The normalized spacial score (nSPS) is 12.5. The van der Waals surface area contributed by atoms with Gasteiger partial charge in [0.25, 0.3) is 0 Å². The van der Waals surface area contributed by atoms with Gasteiger partial charge in [-0.25, -0.2) is 4.79 Å². The highest BCUT2D eigenvalue weighted by Gasteiger charge is 2.28. The molecular formula is C10H7BrO6. The summed E-state index contributed by atoms with van der Waals surface area (Å²) < 4.78 is 10.5. The van der Waals surface area contributed by atoms with Gasteiger partial charge in [-0.15, -0.1) is 0 Å². The van der Waals surface area contributed by atoms with Crippen LogP contribution in [-0.4, -0.2) is 28.9 Å². The number of ether oxygens (including phenoxy) is 2. The Morgan fingerprint density at radius 2 is 2.06 bits per heavy atom. The van der Waals surface area contributed by atoms with Crippen LogP contribution >= 0.6 is 15.9 Å². The molecule has 0 aliphatic carbocycles. The van der Waals surface area contributed by atoms with Crippen molar-refractivity contribution in [3.8, 4) is 11.5 Å². The Morgan fingerprint density at radius 3 is 2.65 bits per heavy atom. The molecule has 0 saturated carbocycles. The average molecular weight is 303 g/mol. The van der Waals surface area contributed by atoms with Crippen LogP contribution in [0.1, 0.15) is 15.9 Å². The van der Waals surface area contributed by atoms with E-state index in [9.17, 15) is 9.59 Å². The van der Waals surface area contributed by atoms with Gasteiger partial charge in [-0.2, -0.15) is 0 Å². The zero-order valence-electron chi connectivity index (χ0n) is 8.40. The summed E-state index contributed by atoms with van der Waals surface area (Å²) in [6, 6.07) is 1.51. The smallest absolute Gasteiger partial charge is 0.339 e. The van der Waals surface area contributed by atoms with Gasteiger partial charge in [0.05, 0.1) is 6.42 Å². The van der Waals surface area contributed by atoms with E-state index < -0.39 is 18.4 Å². The molecule has 0 unspecified atom stereocenters. The minimum atomic E-state index is -1.25. The van der Waals surface area contributed by atoms with Gasteiger partial charge < -0.3 is 19.7 Å². The summed E-state index contributed by atoms with van der Waals surface area (Å²) in [5.41, 5.74) is -0.0106. The van der Waals surface area contributed by atoms with Crippen LogP contribution in [0.25, 0.3) is 0 Å². The molecule has 0 amide bonds. The van der Waals surface area contributed by atoms with Crippen molar-refractivity contribution < 1.29 is 29.3 Å². The highest BCUT2D eigenvalue weighted by atomic mass is 79.9. The zero-order valence-corrected chi connectivity index (χ0v) is 9.98. The maximum absolute atomic E-state index is 11.2. The number of aliphatic carboxylic acids is 1. The monoisotopic (exact) mass is 302 g/mol. The molecular weight excluding hydrogens is 296 g/mol. The Bertz CT molecular complexity index is 510. The van der Waals surface area contributed by atoms with E-state index in [1.165, 1.54) is 6.07 Å². The number of carboxylic acid groups (broad SMARTS) is 2. The summed E-state index contributed by atoms with van der Waals surface area (Å²) in [6.07, 6.45) is -0.404. The second-order valence-corrected chi connectivity index (χ2v) is 4.18. The van der Waals surface area contributed by atoms with Crippen LogP contribution < -0.4 is 9.47 Å². The largest absolute Gasteiger partial charge is 0.481 e. The van der Waals surface area contributed by atoms with Crippen molar-refractivity contribution in [1.82, 2.24) is 0 Å². The zero-order chi connectivity index (χ0) is 12.6. The van der Waals surface area contributed by atoms with Crippen molar-refractivity contribution in [3.05, 3.63) is 21.7 Å². The van der Waals surface area contributed by atoms with Crippen molar-refractivity contribution in [2.45, 2.75) is 6.42 Å². The maximum Gasteiger partial charge on any atom is 0.339 e. The van der Waals surface area contributed by atoms with Gasteiger partial charge in [0.15, 0.2) is 11.5 Å². The quantitative estimate of drug-likeness (QED) is 0.879. The predicted molar refractivity (Wildman–Crippen MR) is 58.6 cm³/mol. The molecule has 1 aliphatic heterocycles. The first kappa shape index (κ1) is 11.7. The van der Waals surface area contributed by atoms with E-state index in [2.05, 4.69) is 15.9 Å². The third-order valence-electron chi connectivity index (χ3n) is 2.26. The number of aromatic carboxylic acids is 1. The van der Waals surface area contributed by atoms with E-state index in [1.807, 2.05) is 0 Å². The second-order valence-electron chi connectivity index (χ2n) is 3.32. The summed E-state index contributed by atoms with van der Waals surface area (Å²) in [4.78, 5) is 21.9. The number of hydrogen-bond donors (Lipinski definition) is 2. The molecule has 1 aromatic carbocycles. The molecule has 2 N–H and O–H groups in total. The topological polar surface area (TPSA) is 93.1 Å². The SMILES string of the molecule is O=C(O)Cc1c(Br)cc2c(c1C(=O)O)OCO2. The molecule has 17 heavy (non-hydrogen) atoms. The number of fused-ring (bicyclic) bond motifs is 1. The number of hydrogen-bond acceptors (Lipinski definition) is 4. The Kier molecular flexibility index (Phi) is 2.93. The molecule has 2 rings (SSSR count). The van der Waals surface area contributed by atoms with E-state index in [-0.39, 0.29) is 23.7 Å². The summed E-state index contributed by atoms with van der Waals surface area (Å²) in [5.74, 6) is -1.99. The number of rotatable bonds is 3. The summed E-state index contributed by atoms with van der Waals surface area (Å²) in [7, 11) is 0. The summed E-state index contributed by atoms with van der Waals surface area (Å²) >= 11 is 3.14. The highest BCUT2D eigenvalue weighted by Crippen LogP contribution is 2.41. The number of carboxylic acids is 2. The molecule has 0 saturated heterocycles. The molecule has 0 radical (unpaired) electrons. The second kappa shape index (κ2) is 4.25. The van der Waals surface area contributed by atoms with Gasteiger partial charge in [-0.1, -0.05) is 15.9 Å². The van der Waals surface area contributed by atoms with Gasteiger partial charge in [-0.05, 0) is 11.6 Å². The van der Waals surface area contributed by atoms with Gasteiger partial charge in [0.1, 0.15) is 5.56 Å². The molecule has 0 bridgehead atoms. The number of benzene rings is 1. The Labute approximate surface area is 104 Å². The molecule has 1 aliphatic rings. The molecule has 7 heteroatoms. The Hall–Kier alpha value is -1.76. The lowest BCUT2D eigenvalue weighted by atomic mass is 10.0. The van der Waals surface area contributed by atoms with Crippen molar-refractivity contribution in [3.63, 3.8) is 0 Å². The van der Waals surface area contributed by atoms with Crippen molar-refractivity contribution in [1.29, 1.82) is 0 Å². The van der Waals surface area contributed by atoms with E-state index >= 15 is 0 Å². The van der Waals surface area contributed by atoms with Crippen molar-refractivity contribution in [2.75, 3.05) is 6.79 Å². The fourth-order valence-electron chi connectivity index (χ4n) is 1.60. The first-order valence-corrected chi connectivity index (χ1v) is 5.36. The molecule has 0 fully saturated rings. The minimum Gasteiger partial charge on any atom is -0.481 e. The first-order chi connectivity index (χ1) is 8.00. The van der Waals surface area contributed by atoms with E-state index in [1.54, 1.807) is 0 Å². The molecule has 1 heterocycles. The van der Waals surface area contributed by atoms with Crippen LogP contribution in [0, 0.1) is 0 Å². The standard InChI is InChI=1S/C10H7BrO6/c11-5-2-6-9(17-3-16-6)8(10(14)15)4(5)1-7(12)13/h2H,1,3H2,(H,12,13)(H,14,15). The van der Waals surface area contributed by atoms with Crippen LogP contribution in [0.15, 0.2) is 10.5 Å². The van der Waals surface area contributed by atoms with Gasteiger partial charge in [-0.3, -0.25) is 4.79 Å². The summed E-state index contributed by atoms with van der Waals surface area (Å²) in [6.45, 7) is -0.0709. The van der Waals surface area contributed by atoms with E-state index in [0.717, 1.165) is 0 Å². The average Bonchev–Trinajstić information content (AvgIpc) is 2.64. The van der Waals surface area contributed by atoms with Crippen LogP contribution in [-0.2, 0) is 11.2 Å². The lowest BCUT2D eigenvalue weighted by molar-refractivity contribution is -0.136. The van der Waals surface area contributed by atoms with Crippen LogP contribution in [0.4, 0.5) is 0 Å². The van der Waals surface area contributed by atoms with Crippen molar-refractivity contribution >= 4 is 27.9 Å². The minimum absolute atomic E-state index is 0.0709. The molecule has 90 valence electrons. The Balaban J connectivity index is 2.64. The third-order valence-corrected chi connectivity index (χ3v) is 2.97. The van der Waals surface area contributed by atoms with Crippen molar-refractivity contribution in [2.24, 2.45) is 0 Å². The first-order valence-electron chi connectivity index (χ1n) is 4.56. The van der Waals surface area contributed by atoms with Gasteiger partial charge >= 0.3 is 11.9 Å². The lowest BCUT2D eigenvalue weighted by Gasteiger charge is -2.09. The number of halogens is 1. The highest BCUT2D eigenvalue weighted by molar-refractivity contribution is 9.10. The third kappa shape index (κ3) is 2.05. The van der Waals surface area contributed by atoms with Gasteiger partial charge in [0, 0.05) is 4.47 Å². The maximum atomic E-state index is 11.2. The van der Waals surface area contributed by atoms with Crippen LogP contribution in [0.3, 0.4) is 0 Å². The summed E-state index contributed by atoms with van der Waals surface area (Å²) in [5, 5.41) is 17.9. The molecule has 1 aromatic rings. The molecule has 0 spiro atoms. The van der Waals surface area contributed by atoms with Crippen LogP contribution in [0.5, 0.6) is 11.5 Å². The number of carbonyl (C=O) groups is 2. The Morgan fingerprint density at radius 1 is 1.35 bits per heavy atom. The molecule has 0 atom stereocenters. The predicted octanol–water partition coefficient (Wildman–Crippen LogP) is 1.50. The molecule has 6 nitrogen and oxygen atoms in total. The van der Waals surface area contributed by atoms with E-state index in [0.29, 0.717) is 10.2 Å². The van der Waals surface area contributed by atoms with Crippen LogP contribution in [0.2, 0.25) is 0 Å². The van der Waals surface area contributed by atoms with E-state index in [4.69, 9.17) is 19.7 Å². The van der Waals surface area contributed by atoms with Gasteiger partial charge in [0.2, 0.25) is 6.79 Å². The fraction of sp³-hybridized carbons (Fsp3) is 0.200. The lowest BCUT2D eigenvalue weighted by Crippen LogP contribution is -2.10. The molecule has 0 aromatic heterocycles. The fourth-order valence-corrected chi connectivity index (χ4v) is 2.15.